The van der Waals surface area contributed by atoms with Crippen LogP contribution < -0.4 is 15.4 Å². The van der Waals surface area contributed by atoms with Gasteiger partial charge in [-0.05, 0) is 30.7 Å². The molecule has 36 heavy (non-hydrogen) atoms. The smallest absolute Gasteiger partial charge is 0.255 e. The van der Waals surface area contributed by atoms with Crippen molar-refractivity contribution in [2.24, 2.45) is 0 Å². The number of aromatic amines is 1. The molecule has 3 N–H and O–H groups in total. The highest BCUT2D eigenvalue weighted by Gasteiger charge is 2.30. The SMILES string of the molecule is C=CC(=O)N1CCC1C#Cc1cnccc1-c1[nH]c2c(c1Nc1cccc(F)c1OC)C(=O)NCC2. The number of rotatable bonds is 5. The van der Waals surface area contributed by atoms with Crippen molar-refractivity contribution in [2.75, 3.05) is 25.5 Å². The molecule has 2 aliphatic heterocycles. The lowest BCUT2D eigenvalue weighted by Gasteiger charge is -2.36. The van der Waals surface area contributed by atoms with Gasteiger partial charge in [0.15, 0.2) is 11.6 Å². The van der Waals surface area contributed by atoms with Gasteiger partial charge in [0.25, 0.3) is 5.91 Å². The summed E-state index contributed by atoms with van der Waals surface area (Å²) in [5.41, 5.74) is 4.08. The number of ether oxygens (including phenoxy) is 1. The largest absolute Gasteiger partial charge is 0.492 e. The van der Waals surface area contributed by atoms with Crippen LogP contribution in [-0.4, -0.2) is 52.9 Å². The number of benzene rings is 1. The number of hydrogen-bond acceptors (Lipinski definition) is 5. The van der Waals surface area contributed by atoms with Crippen LogP contribution in [0.5, 0.6) is 5.75 Å². The molecule has 1 saturated heterocycles. The van der Waals surface area contributed by atoms with Crippen LogP contribution >= 0.6 is 0 Å². The molecule has 5 rings (SSSR count). The predicted octanol–water partition coefficient (Wildman–Crippen LogP) is 3.39. The second kappa shape index (κ2) is 9.58. The van der Waals surface area contributed by atoms with Gasteiger partial charge in [-0.1, -0.05) is 24.5 Å². The van der Waals surface area contributed by atoms with Gasteiger partial charge in [0, 0.05) is 43.2 Å². The van der Waals surface area contributed by atoms with Gasteiger partial charge in [-0.15, -0.1) is 0 Å². The molecule has 1 unspecified atom stereocenters. The minimum absolute atomic E-state index is 0.0429. The van der Waals surface area contributed by atoms with Crippen molar-refractivity contribution in [3.8, 4) is 28.8 Å². The van der Waals surface area contributed by atoms with Crippen molar-refractivity contribution in [3.63, 3.8) is 0 Å². The summed E-state index contributed by atoms with van der Waals surface area (Å²) in [6.45, 7) is 4.70. The van der Waals surface area contributed by atoms with Gasteiger partial charge in [0.05, 0.1) is 41.3 Å². The molecule has 1 aromatic carbocycles. The number of amides is 2. The molecule has 2 amide bonds. The number of H-pyrrole nitrogens is 1. The number of para-hydroxylation sites is 1. The summed E-state index contributed by atoms with van der Waals surface area (Å²) < 4.78 is 19.7. The highest BCUT2D eigenvalue weighted by atomic mass is 19.1. The first-order chi connectivity index (χ1) is 17.5. The van der Waals surface area contributed by atoms with E-state index in [4.69, 9.17) is 4.74 Å². The minimum Gasteiger partial charge on any atom is -0.492 e. The van der Waals surface area contributed by atoms with E-state index in [0.717, 1.165) is 17.7 Å². The molecular formula is C27H24FN5O3. The number of anilines is 2. The van der Waals surface area contributed by atoms with Crippen LogP contribution in [-0.2, 0) is 11.2 Å². The lowest BCUT2D eigenvalue weighted by atomic mass is 10.0. The number of fused-ring (bicyclic) bond motifs is 1. The van der Waals surface area contributed by atoms with Gasteiger partial charge in [0.1, 0.15) is 0 Å². The molecule has 1 fully saturated rings. The fourth-order valence-corrected chi connectivity index (χ4v) is 4.45. The Labute approximate surface area is 207 Å². The van der Waals surface area contributed by atoms with E-state index in [2.05, 4.69) is 39.0 Å². The van der Waals surface area contributed by atoms with Crippen LogP contribution in [0, 0.1) is 17.7 Å². The van der Waals surface area contributed by atoms with E-state index in [1.165, 1.54) is 19.3 Å². The van der Waals surface area contributed by atoms with E-state index in [-0.39, 0.29) is 23.6 Å². The molecule has 8 nitrogen and oxygen atoms in total. The first-order valence-electron chi connectivity index (χ1n) is 11.5. The van der Waals surface area contributed by atoms with Gasteiger partial charge in [-0.3, -0.25) is 14.6 Å². The Morgan fingerprint density at radius 2 is 2.25 bits per heavy atom. The molecule has 0 radical (unpaired) electrons. The summed E-state index contributed by atoms with van der Waals surface area (Å²) in [5, 5.41) is 6.09. The van der Waals surface area contributed by atoms with Crippen molar-refractivity contribution >= 4 is 23.2 Å². The van der Waals surface area contributed by atoms with Crippen molar-refractivity contribution in [1.82, 2.24) is 20.2 Å². The van der Waals surface area contributed by atoms with Gasteiger partial charge in [-0.25, -0.2) is 4.39 Å². The molecule has 0 saturated carbocycles. The van der Waals surface area contributed by atoms with E-state index in [1.807, 2.05) is 0 Å². The lowest BCUT2D eigenvalue weighted by molar-refractivity contribution is -0.131. The third-order valence-corrected chi connectivity index (χ3v) is 6.34. The molecule has 2 aromatic heterocycles. The molecule has 0 bridgehead atoms. The van der Waals surface area contributed by atoms with Crippen molar-refractivity contribution in [1.29, 1.82) is 0 Å². The number of aromatic nitrogens is 2. The van der Waals surface area contributed by atoms with Crippen molar-refractivity contribution in [3.05, 3.63) is 72.0 Å². The summed E-state index contributed by atoms with van der Waals surface area (Å²) >= 11 is 0. The van der Waals surface area contributed by atoms with E-state index in [1.54, 1.807) is 35.5 Å². The highest BCUT2D eigenvalue weighted by Crippen LogP contribution is 2.40. The monoisotopic (exact) mass is 485 g/mol. The average Bonchev–Trinajstić information content (AvgIpc) is 3.23. The Morgan fingerprint density at radius 1 is 1.39 bits per heavy atom. The van der Waals surface area contributed by atoms with Crippen LogP contribution in [0.4, 0.5) is 15.8 Å². The minimum atomic E-state index is -0.521. The van der Waals surface area contributed by atoms with Gasteiger partial charge in [-0.2, -0.15) is 0 Å². The number of nitrogens with one attached hydrogen (secondary N) is 3. The lowest BCUT2D eigenvalue weighted by Crippen LogP contribution is -2.49. The van der Waals surface area contributed by atoms with Gasteiger partial charge < -0.3 is 25.3 Å². The van der Waals surface area contributed by atoms with Gasteiger partial charge in [0.2, 0.25) is 5.91 Å². The molecule has 9 heteroatoms. The number of halogens is 1. The number of pyridine rings is 1. The predicted molar refractivity (Wildman–Crippen MR) is 133 cm³/mol. The standard InChI is InChI=1S/C27H24FN5O3/c1-3-22(34)33-14-11-17(33)8-7-16-15-29-12-9-18(16)24-25(23-20(31-24)10-13-30-27(23)35)32-21-6-4-5-19(28)26(21)36-2/h3-6,9,12,15,17,31-32H,1,10-11,13-14H2,2H3,(H,30,35). The summed E-state index contributed by atoms with van der Waals surface area (Å²) in [4.78, 5) is 34.1. The summed E-state index contributed by atoms with van der Waals surface area (Å²) in [5.74, 6) is 5.47. The fraction of sp³-hybridized carbons (Fsp3) is 0.222. The summed E-state index contributed by atoms with van der Waals surface area (Å²) in [6, 6.07) is 6.17. The van der Waals surface area contributed by atoms with Gasteiger partial charge >= 0.3 is 0 Å². The quantitative estimate of drug-likeness (QED) is 0.380. The van der Waals surface area contributed by atoms with E-state index >= 15 is 0 Å². The number of likely N-dealkylation sites (tertiary alicyclic amines) is 1. The molecule has 2 aliphatic rings. The zero-order valence-corrected chi connectivity index (χ0v) is 19.7. The first kappa shape index (κ1) is 23.2. The third kappa shape index (κ3) is 4.07. The Bertz CT molecular complexity index is 1430. The van der Waals surface area contributed by atoms with E-state index < -0.39 is 5.82 Å². The van der Waals surface area contributed by atoms with Crippen LogP contribution in [0.3, 0.4) is 0 Å². The Morgan fingerprint density at radius 3 is 3.00 bits per heavy atom. The highest BCUT2D eigenvalue weighted by molar-refractivity contribution is 6.06. The Hall–Kier alpha value is -4.58. The normalized spacial score (nSPS) is 16.1. The molecule has 4 heterocycles. The zero-order valence-electron chi connectivity index (χ0n) is 19.7. The number of carbonyl (C=O) groups excluding carboxylic acids is 2. The molecule has 0 aliphatic carbocycles. The van der Waals surface area contributed by atoms with E-state index in [0.29, 0.717) is 47.7 Å². The maximum atomic E-state index is 14.4. The molecule has 0 spiro atoms. The summed E-state index contributed by atoms with van der Waals surface area (Å²) in [7, 11) is 1.39. The third-order valence-electron chi connectivity index (χ3n) is 6.34. The van der Waals surface area contributed by atoms with Crippen LogP contribution in [0.25, 0.3) is 11.3 Å². The van der Waals surface area contributed by atoms with Crippen LogP contribution in [0.1, 0.15) is 28.0 Å². The molecule has 1 atom stereocenters. The number of methoxy groups -OCH3 is 1. The maximum Gasteiger partial charge on any atom is 0.255 e. The first-order valence-corrected chi connectivity index (χ1v) is 11.5. The Kier molecular flexibility index (Phi) is 6.17. The summed E-state index contributed by atoms with van der Waals surface area (Å²) in [6.07, 6.45) is 5.97. The second-order valence-corrected chi connectivity index (χ2v) is 8.41. The molecule has 3 aromatic rings. The van der Waals surface area contributed by atoms with Crippen LogP contribution in [0.2, 0.25) is 0 Å². The van der Waals surface area contributed by atoms with Crippen molar-refractivity contribution < 1.29 is 18.7 Å². The molecule has 182 valence electrons. The number of carbonyl (C=O) groups is 2. The van der Waals surface area contributed by atoms with Crippen LogP contribution in [0.15, 0.2) is 49.3 Å². The Balaban J connectivity index is 1.60. The molecular weight excluding hydrogens is 461 g/mol. The fourth-order valence-electron chi connectivity index (χ4n) is 4.45. The zero-order chi connectivity index (χ0) is 25.2. The number of nitrogens with zero attached hydrogens (tertiary/aromatic N) is 2. The second-order valence-electron chi connectivity index (χ2n) is 8.41. The average molecular weight is 486 g/mol. The number of hydrogen-bond donors (Lipinski definition) is 3. The van der Waals surface area contributed by atoms with E-state index in [9.17, 15) is 14.0 Å². The van der Waals surface area contributed by atoms with Crippen molar-refractivity contribution in [2.45, 2.75) is 18.9 Å². The topological polar surface area (TPSA) is 99.3 Å². The maximum absolute atomic E-state index is 14.4.